The van der Waals surface area contributed by atoms with Gasteiger partial charge in [0, 0.05) is 0 Å². The summed E-state index contributed by atoms with van der Waals surface area (Å²) >= 11 is 11.2. The second-order valence-electron chi connectivity index (χ2n) is 1.98. The topological polar surface area (TPSA) is 26.3 Å². The summed E-state index contributed by atoms with van der Waals surface area (Å²) in [5.74, 6) is -0.459. The van der Waals surface area contributed by atoms with Crippen molar-refractivity contribution in [3.8, 4) is 0 Å². The van der Waals surface area contributed by atoms with Gasteiger partial charge in [0.05, 0.1) is 12.5 Å². The maximum atomic E-state index is 10.7. The molecule has 2 unspecified atom stereocenters. The van der Waals surface area contributed by atoms with E-state index < -0.39 is 11.3 Å². The molecule has 4 heteroatoms. The molecule has 64 valence electrons. The Hall–Kier alpha value is -0.210. The van der Waals surface area contributed by atoms with E-state index in [-0.39, 0.29) is 5.38 Å². The number of esters is 1. The van der Waals surface area contributed by atoms with Crippen molar-refractivity contribution < 1.29 is 9.53 Å². The minimum absolute atomic E-state index is 0.281. The zero-order chi connectivity index (χ0) is 8.85. The first-order chi connectivity index (χ1) is 5.11. The lowest BCUT2D eigenvalue weighted by Crippen LogP contribution is -2.19. The van der Waals surface area contributed by atoms with Gasteiger partial charge >= 0.3 is 5.97 Å². The molecule has 0 aliphatic rings. The number of carbonyl (C=O) groups excluding carboxylic acids is 1. The van der Waals surface area contributed by atoms with Crippen LogP contribution in [0.1, 0.15) is 6.42 Å². The molecule has 11 heavy (non-hydrogen) atoms. The van der Waals surface area contributed by atoms with Crippen molar-refractivity contribution in [1.82, 2.24) is 0 Å². The first-order valence-corrected chi connectivity index (χ1v) is 3.97. The van der Waals surface area contributed by atoms with Crippen LogP contribution < -0.4 is 0 Å². The summed E-state index contributed by atoms with van der Waals surface area (Å²) in [5, 5.41) is -0.961. The van der Waals surface area contributed by atoms with E-state index in [1.54, 1.807) is 0 Å². The zero-order valence-corrected chi connectivity index (χ0v) is 7.73. The molecule has 0 fully saturated rings. The van der Waals surface area contributed by atoms with Gasteiger partial charge in [-0.3, -0.25) is 4.79 Å². The van der Waals surface area contributed by atoms with E-state index in [2.05, 4.69) is 11.3 Å². The summed E-state index contributed by atoms with van der Waals surface area (Å²) < 4.78 is 4.39. The minimum atomic E-state index is -0.680. The van der Waals surface area contributed by atoms with Crippen LogP contribution >= 0.6 is 23.2 Å². The summed E-state index contributed by atoms with van der Waals surface area (Å²) in [6, 6.07) is 0. The Kier molecular flexibility index (Phi) is 5.34. The van der Waals surface area contributed by atoms with E-state index in [1.807, 2.05) is 0 Å². The quantitative estimate of drug-likeness (QED) is 0.391. The van der Waals surface area contributed by atoms with Gasteiger partial charge in [-0.2, -0.15) is 0 Å². The molecule has 0 heterocycles. The Balaban J connectivity index is 3.76. The average Bonchev–Trinajstić information content (AvgIpc) is 2.02. The number of hydrogen-bond donors (Lipinski definition) is 0. The predicted molar refractivity (Wildman–Crippen MR) is 46.1 cm³/mol. The molecule has 0 bridgehead atoms. The summed E-state index contributed by atoms with van der Waals surface area (Å²) in [4.78, 5) is 10.7. The third-order valence-corrected chi connectivity index (χ3v) is 1.86. The van der Waals surface area contributed by atoms with Crippen LogP contribution in [0.25, 0.3) is 0 Å². The summed E-state index contributed by atoms with van der Waals surface area (Å²) in [6.07, 6.45) is 1.87. The molecule has 0 rings (SSSR count). The molecule has 0 aromatic rings. The third-order valence-electron chi connectivity index (χ3n) is 1.14. The fourth-order valence-electron chi connectivity index (χ4n) is 0.518. The van der Waals surface area contributed by atoms with Crippen molar-refractivity contribution in [2.75, 3.05) is 7.11 Å². The van der Waals surface area contributed by atoms with Gasteiger partial charge in [0.1, 0.15) is 5.38 Å². The molecule has 0 aromatic carbocycles. The van der Waals surface area contributed by atoms with Gasteiger partial charge in [-0.15, -0.1) is 29.8 Å². The SMILES string of the molecule is C=CC(Cl)CC(Cl)C(=O)OC. The molecule has 0 aromatic heterocycles. The number of alkyl halides is 2. The van der Waals surface area contributed by atoms with Crippen molar-refractivity contribution >= 4 is 29.2 Å². The maximum absolute atomic E-state index is 10.7. The molecular formula is C7H10Cl2O2. The molecule has 0 aliphatic heterocycles. The largest absolute Gasteiger partial charge is 0.468 e. The highest BCUT2D eigenvalue weighted by Gasteiger charge is 2.18. The van der Waals surface area contributed by atoms with Crippen LogP contribution in [0.2, 0.25) is 0 Å². The molecule has 2 nitrogen and oxygen atoms in total. The first kappa shape index (κ1) is 10.8. The van der Waals surface area contributed by atoms with Gasteiger partial charge < -0.3 is 4.74 Å². The van der Waals surface area contributed by atoms with Crippen LogP contribution in [0, 0.1) is 0 Å². The molecule has 0 amide bonds. The normalized spacial score (nSPS) is 15.2. The Bertz CT molecular complexity index is 147. The summed E-state index contributed by atoms with van der Waals surface area (Å²) in [5.41, 5.74) is 0. The second-order valence-corrected chi connectivity index (χ2v) is 3.07. The highest BCUT2D eigenvalue weighted by molar-refractivity contribution is 6.31. The fourth-order valence-corrected chi connectivity index (χ4v) is 1.07. The van der Waals surface area contributed by atoms with E-state index in [9.17, 15) is 4.79 Å². The highest BCUT2D eigenvalue weighted by atomic mass is 35.5. The van der Waals surface area contributed by atoms with Crippen molar-refractivity contribution in [2.24, 2.45) is 0 Å². The molecule has 0 saturated carbocycles. The third kappa shape index (κ3) is 4.27. The number of rotatable bonds is 4. The van der Waals surface area contributed by atoms with Crippen LogP contribution in [-0.4, -0.2) is 23.8 Å². The van der Waals surface area contributed by atoms with Crippen LogP contribution in [-0.2, 0) is 9.53 Å². The van der Waals surface area contributed by atoms with Gasteiger partial charge in [0.2, 0.25) is 0 Å². The van der Waals surface area contributed by atoms with Crippen LogP contribution in [0.15, 0.2) is 12.7 Å². The average molecular weight is 197 g/mol. The fraction of sp³-hybridized carbons (Fsp3) is 0.571. The number of carbonyl (C=O) groups is 1. The van der Waals surface area contributed by atoms with Gasteiger partial charge in [-0.1, -0.05) is 6.08 Å². The van der Waals surface area contributed by atoms with E-state index in [1.165, 1.54) is 13.2 Å². The summed E-state index contributed by atoms with van der Waals surface area (Å²) in [6.45, 7) is 3.46. The van der Waals surface area contributed by atoms with Gasteiger partial charge in [-0.05, 0) is 6.42 Å². The lowest BCUT2D eigenvalue weighted by Gasteiger charge is -2.07. The maximum Gasteiger partial charge on any atom is 0.323 e. The Labute approximate surface area is 76.1 Å². The van der Waals surface area contributed by atoms with E-state index in [0.717, 1.165) is 0 Å². The predicted octanol–water partition coefficient (Wildman–Crippen LogP) is 1.95. The lowest BCUT2D eigenvalue weighted by atomic mass is 10.2. The number of ether oxygens (including phenoxy) is 1. The Morgan fingerprint density at radius 2 is 2.27 bits per heavy atom. The van der Waals surface area contributed by atoms with E-state index in [4.69, 9.17) is 23.2 Å². The number of allylic oxidation sites excluding steroid dienone is 1. The zero-order valence-electron chi connectivity index (χ0n) is 6.22. The number of methoxy groups -OCH3 is 1. The van der Waals surface area contributed by atoms with E-state index in [0.29, 0.717) is 6.42 Å². The first-order valence-electron chi connectivity index (χ1n) is 3.10. The van der Waals surface area contributed by atoms with Gasteiger partial charge in [0.25, 0.3) is 0 Å². The standard InChI is InChI=1S/C7H10Cl2O2/c1-3-5(8)4-6(9)7(10)11-2/h3,5-6H,1,4H2,2H3. The van der Waals surface area contributed by atoms with Crippen LogP contribution in [0.4, 0.5) is 0 Å². The van der Waals surface area contributed by atoms with Crippen molar-refractivity contribution in [1.29, 1.82) is 0 Å². The molecular weight excluding hydrogens is 187 g/mol. The van der Waals surface area contributed by atoms with Crippen molar-refractivity contribution in [3.05, 3.63) is 12.7 Å². The van der Waals surface area contributed by atoms with Gasteiger partial charge in [0.15, 0.2) is 0 Å². The van der Waals surface area contributed by atoms with Crippen molar-refractivity contribution in [3.63, 3.8) is 0 Å². The van der Waals surface area contributed by atoms with E-state index >= 15 is 0 Å². The molecule has 0 radical (unpaired) electrons. The van der Waals surface area contributed by atoms with Crippen LogP contribution in [0.3, 0.4) is 0 Å². The Morgan fingerprint density at radius 3 is 2.64 bits per heavy atom. The molecule has 0 N–H and O–H groups in total. The monoisotopic (exact) mass is 196 g/mol. The molecule has 0 saturated heterocycles. The number of halogens is 2. The van der Waals surface area contributed by atoms with Crippen LogP contribution in [0.5, 0.6) is 0 Å². The smallest absolute Gasteiger partial charge is 0.323 e. The minimum Gasteiger partial charge on any atom is -0.468 e. The molecule has 2 atom stereocenters. The molecule has 0 aliphatic carbocycles. The number of hydrogen-bond acceptors (Lipinski definition) is 2. The molecule has 0 spiro atoms. The highest BCUT2D eigenvalue weighted by Crippen LogP contribution is 2.12. The van der Waals surface area contributed by atoms with Crippen molar-refractivity contribution in [2.45, 2.75) is 17.2 Å². The Morgan fingerprint density at radius 1 is 1.73 bits per heavy atom. The van der Waals surface area contributed by atoms with Gasteiger partial charge in [-0.25, -0.2) is 0 Å². The second kappa shape index (κ2) is 5.44. The summed E-state index contributed by atoms with van der Waals surface area (Å²) in [7, 11) is 1.29. The lowest BCUT2D eigenvalue weighted by molar-refractivity contribution is -0.140.